The molecule has 0 radical (unpaired) electrons. The smallest absolute Gasteiger partial charge is 0.316 e. The van der Waals surface area contributed by atoms with Crippen molar-refractivity contribution in [3.63, 3.8) is 0 Å². The minimum absolute atomic E-state index is 0.0387. The fraction of sp³-hybridized carbons (Fsp3) is 0.625. The Morgan fingerprint density at radius 3 is 3.14 bits per heavy atom. The first-order valence-corrected chi connectivity index (χ1v) is 7.74. The maximum Gasteiger partial charge on any atom is 0.316 e. The zero-order valence-corrected chi connectivity index (χ0v) is 13.3. The van der Waals surface area contributed by atoms with E-state index < -0.39 is 0 Å². The van der Waals surface area contributed by atoms with E-state index >= 15 is 0 Å². The highest BCUT2D eigenvalue weighted by Gasteiger charge is 2.50. The van der Waals surface area contributed by atoms with Gasteiger partial charge < -0.3 is 15.0 Å². The number of urea groups is 1. The molecular formula is C16H24N4O2. The zero-order valence-electron chi connectivity index (χ0n) is 13.3. The average molecular weight is 304 g/mol. The molecule has 2 atom stereocenters. The van der Waals surface area contributed by atoms with Crippen molar-refractivity contribution >= 4 is 6.03 Å². The van der Waals surface area contributed by atoms with Crippen molar-refractivity contribution < 1.29 is 9.53 Å². The standard InChI is InChI=1S/C16H24N4O2/c1-19(2)15(21)18-10-16-11-20(7-13(16)9-22-12-16)8-14-5-3-4-6-17-14/h3-6,13H,7-12H2,1-2H3,(H,18,21)/t13-,16+/m1/s1. The number of carbonyl (C=O) groups excluding carboxylic acids is 1. The minimum Gasteiger partial charge on any atom is -0.380 e. The van der Waals surface area contributed by atoms with Crippen LogP contribution in [0.3, 0.4) is 0 Å². The maximum absolute atomic E-state index is 11.8. The largest absolute Gasteiger partial charge is 0.380 e. The van der Waals surface area contributed by atoms with Crippen LogP contribution < -0.4 is 5.32 Å². The molecule has 0 aromatic carbocycles. The molecule has 1 aromatic rings. The molecule has 3 rings (SSSR count). The molecule has 0 saturated carbocycles. The van der Waals surface area contributed by atoms with Crippen LogP contribution in [0.4, 0.5) is 4.79 Å². The van der Waals surface area contributed by atoms with Crippen molar-refractivity contribution in [3.05, 3.63) is 30.1 Å². The SMILES string of the molecule is CN(C)C(=O)NC[C@]12COC[C@H]1CN(Cc1ccccn1)C2. The number of fused-ring (bicyclic) bond motifs is 1. The molecule has 2 amide bonds. The zero-order chi connectivity index (χ0) is 15.6. The molecule has 6 heteroatoms. The van der Waals surface area contributed by atoms with Crippen molar-refractivity contribution in [2.24, 2.45) is 11.3 Å². The lowest BCUT2D eigenvalue weighted by atomic mass is 9.81. The molecule has 0 bridgehead atoms. The number of amides is 2. The Labute approximate surface area is 131 Å². The van der Waals surface area contributed by atoms with E-state index in [0.29, 0.717) is 12.5 Å². The van der Waals surface area contributed by atoms with E-state index in [0.717, 1.165) is 38.5 Å². The van der Waals surface area contributed by atoms with E-state index in [1.807, 2.05) is 18.3 Å². The lowest BCUT2D eigenvalue weighted by Crippen LogP contribution is -2.45. The Morgan fingerprint density at radius 2 is 2.41 bits per heavy atom. The van der Waals surface area contributed by atoms with Gasteiger partial charge in [-0.05, 0) is 12.1 Å². The summed E-state index contributed by atoms with van der Waals surface area (Å²) in [5.41, 5.74) is 1.14. The molecule has 2 aliphatic heterocycles. The van der Waals surface area contributed by atoms with Crippen LogP contribution in [-0.2, 0) is 11.3 Å². The third-order valence-electron chi connectivity index (χ3n) is 4.70. The molecule has 2 saturated heterocycles. The first kappa shape index (κ1) is 15.2. The molecule has 1 aromatic heterocycles. The first-order valence-electron chi connectivity index (χ1n) is 7.74. The molecule has 0 aliphatic carbocycles. The van der Waals surface area contributed by atoms with Gasteiger partial charge in [-0.25, -0.2) is 4.79 Å². The van der Waals surface area contributed by atoms with Crippen LogP contribution >= 0.6 is 0 Å². The molecule has 2 fully saturated rings. The maximum atomic E-state index is 11.8. The van der Waals surface area contributed by atoms with E-state index in [1.165, 1.54) is 0 Å². The van der Waals surface area contributed by atoms with Gasteiger partial charge in [0.25, 0.3) is 0 Å². The van der Waals surface area contributed by atoms with E-state index in [1.54, 1.807) is 19.0 Å². The molecule has 2 aliphatic rings. The Hall–Kier alpha value is -1.66. The fourth-order valence-corrected chi connectivity index (χ4v) is 3.44. The fourth-order valence-electron chi connectivity index (χ4n) is 3.44. The number of pyridine rings is 1. The van der Waals surface area contributed by atoms with Crippen LogP contribution in [0, 0.1) is 11.3 Å². The van der Waals surface area contributed by atoms with Crippen LogP contribution in [0.25, 0.3) is 0 Å². The third kappa shape index (κ3) is 3.08. The molecule has 22 heavy (non-hydrogen) atoms. The Morgan fingerprint density at radius 1 is 1.55 bits per heavy atom. The van der Waals surface area contributed by atoms with Crippen LogP contribution in [0.5, 0.6) is 0 Å². The van der Waals surface area contributed by atoms with Crippen molar-refractivity contribution in [1.29, 1.82) is 0 Å². The van der Waals surface area contributed by atoms with Gasteiger partial charge in [0.15, 0.2) is 0 Å². The van der Waals surface area contributed by atoms with Crippen LogP contribution in [0.1, 0.15) is 5.69 Å². The van der Waals surface area contributed by atoms with Gasteiger partial charge in [0.2, 0.25) is 0 Å². The van der Waals surface area contributed by atoms with Gasteiger partial charge in [-0.2, -0.15) is 0 Å². The summed E-state index contributed by atoms with van der Waals surface area (Å²) in [6, 6.07) is 5.98. The summed E-state index contributed by atoms with van der Waals surface area (Å²) in [5, 5.41) is 3.04. The minimum atomic E-state index is -0.0387. The molecule has 0 spiro atoms. The Balaban J connectivity index is 1.62. The van der Waals surface area contributed by atoms with E-state index in [-0.39, 0.29) is 11.4 Å². The number of rotatable bonds is 4. The number of likely N-dealkylation sites (tertiary alicyclic amines) is 1. The predicted octanol–water partition coefficient (Wildman–Crippen LogP) is 0.801. The van der Waals surface area contributed by atoms with E-state index in [4.69, 9.17) is 4.74 Å². The number of aromatic nitrogens is 1. The molecular weight excluding hydrogens is 280 g/mol. The third-order valence-corrected chi connectivity index (χ3v) is 4.70. The normalized spacial score (nSPS) is 27.6. The topological polar surface area (TPSA) is 57.7 Å². The van der Waals surface area contributed by atoms with Gasteiger partial charge in [0.05, 0.1) is 18.9 Å². The molecule has 120 valence electrons. The average Bonchev–Trinajstić information content (AvgIpc) is 3.02. The van der Waals surface area contributed by atoms with E-state index in [9.17, 15) is 4.79 Å². The number of carbonyl (C=O) groups is 1. The second-order valence-electron chi connectivity index (χ2n) is 6.62. The highest BCUT2D eigenvalue weighted by molar-refractivity contribution is 5.73. The van der Waals surface area contributed by atoms with Gasteiger partial charge >= 0.3 is 6.03 Å². The Kier molecular flexibility index (Phi) is 4.31. The number of ether oxygens (including phenoxy) is 1. The van der Waals surface area contributed by atoms with Crippen LogP contribution in [0.15, 0.2) is 24.4 Å². The number of hydrogen-bond donors (Lipinski definition) is 1. The number of hydrogen-bond acceptors (Lipinski definition) is 4. The second kappa shape index (κ2) is 6.22. The lowest BCUT2D eigenvalue weighted by molar-refractivity contribution is 0.125. The van der Waals surface area contributed by atoms with Crippen molar-refractivity contribution in [1.82, 2.24) is 20.1 Å². The van der Waals surface area contributed by atoms with Gasteiger partial charge in [-0.1, -0.05) is 6.07 Å². The molecule has 3 heterocycles. The molecule has 6 nitrogen and oxygen atoms in total. The van der Waals surface area contributed by atoms with Gasteiger partial charge in [-0.15, -0.1) is 0 Å². The summed E-state index contributed by atoms with van der Waals surface area (Å²) < 4.78 is 5.70. The summed E-state index contributed by atoms with van der Waals surface area (Å²) in [5.74, 6) is 0.485. The van der Waals surface area contributed by atoms with Crippen LogP contribution in [0.2, 0.25) is 0 Å². The predicted molar refractivity (Wildman–Crippen MR) is 83.3 cm³/mol. The van der Waals surface area contributed by atoms with Crippen molar-refractivity contribution in [2.45, 2.75) is 6.54 Å². The number of nitrogens with one attached hydrogen (secondary N) is 1. The summed E-state index contributed by atoms with van der Waals surface area (Å²) in [6.45, 7) is 5.01. The lowest BCUT2D eigenvalue weighted by Gasteiger charge is -2.28. The first-order chi connectivity index (χ1) is 10.6. The summed E-state index contributed by atoms with van der Waals surface area (Å²) in [4.78, 5) is 20.2. The Bertz CT molecular complexity index is 522. The van der Waals surface area contributed by atoms with Crippen molar-refractivity contribution in [2.75, 3.05) is 46.9 Å². The molecule has 0 unspecified atom stereocenters. The van der Waals surface area contributed by atoms with E-state index in [2.05, 4.69) is 21.3 Å². The van der Waals surface area contributed by atoms with Gasteiger partial charge in [-0.3, -0.25) is 9.88 Å². The highest BCUT2D eigenvalue weighted by Crippen LogP contribution is 2.41. The van der Waals surface area contributed by atoms with Gasteiger partial charge in [0.1, 0.15) is 0 Å². The summed E-state index contributed by atoms with van der Waals surface area (Å²) >= 11 is 0. The number of nitrogens with zero attached hydrogens (tertiary/aromatic N) is 3. The van der Waals surface area contributed by atoms with Crippen LogP contribution in [-0.4, -0.2) is 67.8 Å². The van der Waals surface area contributed by atoms with Gasteiger partial charge in [0, 0.05) is 57.8 Å². The quantitative estimate of drug-likeness (QED) is 0.894. The highest BCUT2D eigenvalue weighted by atomic mass is 16.5. The van der Waals surface area contributed by atoms with Crippen molar-refractivity contribution in [3.8, 4) is 0 Å². The monoisotopic (exact) mass is 304 g/mol. The second-order valence-corrected chi connectivity index (χ2v) is 6.62. The summed E-state index contributed by atoms with van der Waals surface area (Å²) in [7, 11) is 3.52. The molecule has 1 N–H and O–H groups in total. The summed E-state index contributed by atoms with van der Waals surface area (Å²) in [6.07, 6.45) is 1.84.